The molecule has 1 aromatic carbocycles. The lowest BCUT2D eigenvalue weighted by molar-refractivity contribution is 0.0331. The lowest BCUT2D eigenvalue weighted by Gasteiger charge is -2.26. The number of hydrogen-bond donors (Lipinski definition) is 1. The largest absolute Gasteiger partial charge is 0.379 e. The van der Waals surface area contributed by atoms with Gasteiger partial charge in [-0.05, 0) is 29.1 Å². The Balaban J connectivity index is 1.49. The molecule has 0 unspecified atom stereocenters. The number of fused-ring (bicyclic) bond motifs is 1. The van der Waals surface area contributed by atoms with Gasteiger partial charge in [0.15, 0.2) is 0 Å². The van der Waals surface area contributed by atoms with E-state index in [1.54, 1.807) is 29.7 Å². The lowest BCUT2D eigenvalue weighted by atomic mass is 10.1. The summed E-state index contributed by atoms with van der Waals surface area (Å²) in [7, 11) is 3.72. The second-order valence-corrected chi connectivity index (χ2v) is 10.1. The van der Waals surface area contributed by atoms with Gasteiger partial charge >= 0.3 is 0 Å². The number of amides is 1. The summed E-state index contributed by atoms with van der Waals surface area (Å²) >= 11 is 3.41. The van der Waals surface area contributed by atoms with Gasteiger partial charge in [0, 0.05) is 55.1 Å². The van der Waals surface area contributed by atoms with Crippen LogP contribution < -0.4 is 10.2 Å². The van der Waals surface area contributed by atoms with E-state index in [0.29, 0.717) is 18.7 Å². The third-order valence-corrected chi connectivity index (χ3v) is 7.72. The minimum atomic E-state index is -0.0796. The van der Waals surface area contributed by atoms with E-state index < -0.39 is 0 Å². The quantitative estimate of drug-likeness (QED) is 0.415. The Hall–Kier alpha value is -2.85. The first kappa shape index (κ1) is 22.9. The maximum atomic E-state index is 11.9. The molecule has 1 N–H and O–H groups in total. The molecule has 0 aliphatic carbocycles. The topological polar surface area (TPSA) is 70.6 Å². The summed E-state index contributed by atoms with van der Waals surface area (Å²) in [6.07, 6.45) is 0. The molecule has 0 saturated carbocycles. The number of thiophene rings is 2. The van der Waals surface area contributed by atoms with Crippen LogP contribution in [-0.2, 0) is 17.8 Å². The van der Waals surface area contributed by atoms with E-state index in [4.69, 9.17) is 14.7 Å². The molecule has 7 nitrogen and oxygen atoms in total. The van der Waals surface area contributed by atoms with Gasteiger partial charge in [-0.3, -0.25) is 9.69 Å². The van der Waals surface area contributed by atoms with Crippen molar-refractivity contribution in [1.29, 1.82) is 0 Å². The van der Waals surface area contributed by atoms with Crippen molar-refractivity contribution in [1.82, 2.24) is 20.2 Å². The summed E-state index contributed by atoms with van der Waals surface area (Å²) in [5.41, 5.74) is 2.96. The van der Waals surface area contributed by atoms with E-state index in [2.05, 4.69) is 45.1 Å². The van der Waals surface area contributed by atoms with Gasteiger partial charge in [-0.25, -0.2) is 9.97 Å². The van der Waals surface area contributed by atoms with E-state index in [-0.39, 0.29) is 5.91 Å². The average Bonchev–Trinajstić information content (AvgIpc) is 3.54. The van der Waals surface area contributed by atoms with Gasteiger partial charge in [-0.15, -0.1) is 22.7 Å². The van der Waals surface area contributed by atoms with Crippen LogP contribution in [0.2, 0.25) is 0 Å². The minimum Gasteiger partial charge on any atom is -0.379 e. The van der Waals surface area contributed by atoms with E-state index in [1.807, 2.05) is 24.3 Å². The molecule has 4 heterocycles. The Bertz CT molecular complexity index is 1260. The molecule has 4 aromatic rings. The van der Waals surface area contributed by atoms with Gasteiger partial charge in [0.1, 0.15) is 16.5 Å². The number of nitrogens with one attached hydrogen (secondary N) is 1. The number of anilines is 1. The molecule has 0 atom stereocenters. The van der Waals surface area contributed by atoms with Gasteiger partial charge in [0.05, 0.1) is 25.1 Å². The van der Waals surface area contributed by atoms with Gasteiger partial charge in [0.2, 0.25) is 0 Å². The Morgan fingerprint density at radius 3 is 2.65 bits per heavy atom. The maximum Gasteiger partial charge on any atom is 0.251 e. The van der Waals surface area contributed by atoms with Crippen LogP contribution in [0.1, 0.15) is 21.7 Å². The lowest BCUT2D eigenvalue weighted by Crippen LogP contribution is -2.36. The fourth-order valence-electron chi connectivity index (χ4n) is 4.14. The molecule has 9 heteroatoms. The third kappa shape index (κ3) is 4.83. The smallest absolute Gasteiger partial charge is 0.251 e. The van der Waals surface area contributed by atoms with Crippen molar-refractivity contribution in [2.24, 2.45) is 0 Å². The Kier molecular flexibility index (Phi) is 6.87. The van der Waals surface area contributed by atoms with Gasteiger partial charge in [0.25, 0.3) is 5.91 Å². The van der Waals surface area contributed by atoms with Crippen LogP contribution in [0.5, 0.6) is 0 Å². The van der Waals surface area contributed by atoms with Crippen LogP contribution in [0.15, 0.2) is 47.2 Å². The summed E-state index contributed by atoms with van der Waals surface area (Å²) < 4.78 is 5.50. The molecule has 34 heavy (non-hydrogen) atoms. The predicted molar refractivity (Wildman–Crippen MR) is 139 cm³/mol. The van der Waals surface area contributed by atoms with Crippen molar-refractivity contribution >= 4 is 44.6 Å². The number of aromatic nitrogens is 2. The third-order valence-electron chi connectivity index (χ3n) is 5.94. The summed E-state index contributed by atoms with van der Waals surface area (Å²) in [4.78, 5) is 28.7. The highest BCUT2D eigenvalue weighted by atomic mass is 32.1. The molecule has 0 bridgehead atoms. The zero-order chi connectivity index (χ0) is 23.5. The van der Waals surface area contributed by atoms with Crippen LogP contribution in [0, 0.1) is 0 Å². The molecule has 1 saturated heterocycles. The van der Waals surface area contributed by atoms with Crippen molar-refractivity contribution in [3.63, 3.8) is 0 Å². The number of ether oxygens (including phenoxy) is 1. The molecule has 1 amide bonds. The fraction of sp³-hybridized carbons (Fsp3) is 0.320. The SMILES string of the molecule is CNC(=O)c1ccc(CN(C)c2nc(CN3CCOCC3)nc3scc(-c4cccs4)c23)cc1. The highest BCUT2D eigenvalue weighted by Crippen LogP contribution is 2.40. The molecule has 3 aromatic heterocycles. The molecular formula is C25H27N5O2S2. The highest BCUT2D eigenvalue weighted by molar-refractivity contribution is 7.18. The Morgan fingerprint density at radius 2 is 1.94 bits per heavy atom. The molecule has 1 aliphatic rings. The molecule has 5 rings (SSSR count). The number of benzene rings is 1. The molecular weight excluding hydrogens is 466 g/mol. The number of hydrogen-bond acceptors (Lipinski definition) is 8. The van der Waals surface area contributed by atoms with E-state index in [1.165, 1.54) is 10.4 Å². The summed E-state index contributed by atoms with van der Waals surface area (Å²) in [6.45, 7) is 4.69. The number of rotatable bonds is 7. The normalized spacial score (nSPS) is 14.4. The van der Waals surface area contributed by atoms with Crippen LogP contribution >= 0.6 is 22.7 Å². The van der Waals surface area contributed by atoms with Crippen LogP contribution in [-0.4, -0.2) is 61.2 Å². The van der Waals surface area contributed by atoms with Gasteiger partial charge in [-0.1, -0.05) is 18.2 Å². The second-order valence-electron chi connectivity index (χ2n) is 8.29. The van der Waals surface area contributed by atoms with Gasteiger partial charge < -0.3 is 15.0 Å². The second kappa shape index (κ2) is 10.2. The van der Waals surface area contributed by atoms with E-state index in [0.717, 1.165) is 53.7 Å². The number of carbonyl (C=O) groups excluding carboxylic acids is 1. The summed E-state index contributed by atoms with van der Waals surface area (Å²) in [5, 5.41) is 8.06. The highest BCUT2D eigenvalue weighted by Gasteiger charge is 2.20. The van der Waals surface area contributed by atoms with Crippen molar-refractivity contribution < 1.29 is 9.53 Å². The zero-order valence-corrected chi connectivity index (χ0v) is 20.9. The monoisotopic (exact) mass is 493 g/mol. The van der Waals surface area contributed by atoms with Crippen molar-refractivity contribution in [3.05, 3.63) is 64.1 Å². The Morgan fingerprint density at radius 1 is 1.15 bits per heavy atom. The first-order valence-electron chi connectivity index (χ1n) is 11.3. The summed E-state index contributed by atoms with van der Waals surface area (Å²) in [5.74, 6) is 1.70. The van der Waals surface area contributed by atoms with Gasteiger partial charge in [-0.2, -0.15) is 0 Å². The molecule has 1 aliphatic heterocycles. The zero-order valence-electron chi connectivity index (χ0n) is 19.3. The molecule has 0 spiro atoms. The average molecular weight is 494 g/mol. The first-order valence-corrected chi connectivity index (χ1v) is 13.0. The number of carbonyl (C=O) groups is 1. The van der Waals surface area contributed by atoms with Crippen LogP contribution in [0.4, 0.5) is 5.82 Å². The van der Waals surface area contributed by atoms with Crippen LogP contribution in [0.25, 0.3) is 20.7 Å². The van der Waals surface area contributed by atoms with Crippen molar-refractivity contribution in [3.8, 4) is 10.4 Å². The minimum absolute atomic E-state index is 0.0796. The number of morpholine rings is 1. The maximum absolute atomic E-state index is 11.9. The van der Waals surface area contributed by atoms with Crippen molar-refractivity contribution in [2.75, 3.05) is 45.3 Å². The molecule has 1 fully saturated rings. The predicted octanol–water partition coefficient (Wildman–Crippen LogP) is 4.25. The fourth-order valence-corrected chi connectivity index (χ4v) is 5.92. The molecule has 176 valence electrons. The summed E-state index contributed by atoms with van der Waals surface area (Å²) in [6, 6.07) is 12.0. The van der Waals surface area contributed by atoms with Crippen LogP contribution in [0.3, 0.4) is 0 Å². The standard InChI is InChI=1S/C25H27N5O2S2/c1-26-24(31)18-7-5-17(6-8-18)14-29(2)23-22-19(20-4-3-13-33-20)16-34-25(22)28-21(27-23)15-30-9-11-32-12-10-30/h3-8,13,16H,9-12,14-15H2,1-2H3,(H,26,31). The number of nitrogens with zero attached hydrogens (tertiary/aromatic N) is 4. The van der Waals surface area contributed by atoms with E-state index in [9.17, 15) is 4.79 Å². The first-order chi connectivity index (χ1) is 16.6. The van der Waals surface area contributed by atoms with Crippen molar-refractivity contribution in [2.45, 2.75) is 13.1 Å². The Labute approximate surface area is 207 Å². The molecule has 0 radical (unpaired) electrons. The van der Waals surface area contributed by atoms with E-state index >= 15 is 0 Å².